The van der Waals surface area contributed by atoms with E-state index in [4.69, 9.17) is 14.7 Å². The molecule has 5 nitrogen and oxygen atoms in total. The van der Waals surface area contributed by atoms with Gasteiger partial charge in [-0.25, -0.2) is 4.98 Å². The number of hydrogen-bond acceptors (Lipinski definition) is 5. The molecule has 18 heavy (non-hydrogen) atoms. The zero-order valence-corrected chi connectivity index (χ0v) is 10.1. The van der Waals surface area contributed by atoms with Gasteiger partial charge in [-0.1, -0.05) is 0 Å². The van der Waals surface area contributed by atoms with Gasteiger partial charge >= 0.3 is 0 Å². The van der Waals surface area contributed by atoms with E-state index >= 15 is 0 Å². The van der Waals surface area contributed by atoms with Crippen molar-refractivity contribution in [1.82, 2.24) is 9.88 Å². The van der Waals surface area contributed by atoms with Crippen LogP contribution in [0.4, 0.5) is 0 Å². The zero-order valence-electron chi connectivity index (χ0n) is 10.1. The van der Waals surface area contributed by atoms with Crippen molar-refractivity contribution in [1.29, 1.82) is 5.26 Å². The molecule has 0 unspecified atom stereocenters. The lowest BCUT2D eigenvalue weighted by Crippen LogP contribution is -2.34. The molecule has 2 fully saturated rings. The van der Waals surface area contributed by atoms with Crippen molar-refractivity contribution in [2.75, 3.05) is 26.3 Å². The highest BCUT2D eigenvalue weighted by atomic mass is 16.7. The average Bonchev–Trinajstić information content (AvgIpc) is 3.01. The van der Waals surface area contributed by atoms with Crippen LogP contribution in [0.1, 0.15) is 17.7 Å². The van der Waals surface area contributed by atoms with Crippen molar-refractivity contribution in [3.05, 3.63) is 29.6 Å². The summed E-state index contributed by atoms with van der Waals surface area (Å²) in [5.74, 6) is -0.370. The first kappa shape index (κ1) is 11.6. The second-order valence-electron chi connectivity index (χ2n) is 4.73. The van der Waals surface area contributed by atoms with E-state index in [-0.39, 0.29) is 5.79 Å². The van der Waals surface area contributed by atoms with E-state index in [0.29, 0.717) is 18.9 Å². The van der Waals surface area contributed by atoms with Crippen molar-refractivity contribution >= 4 is 0 Å². The SMILES string of the molecule is N#Cc1cc(CN2CCC3(C2)OCCO3)ccn1. The van der Waals surface area contributed by atoms with Gasteiger partial charge in [0.15, 0.2) is 5.79 Å². The quantitative estimate of drug-likeness (QED) is 0.775. The normalized spacial score (nSPS) is 22.4. The molecule has 2 aliphatic heterocycles. The number of nitriles is 1. The van der Waals surface area contributed by atoms with Crippen molar-refractivity contribution in [2.24, 2.45) is 0 Å². The van der Waals surface area contributed by atoms with E-state index < -0.39 is 0 Å². The van der Waals surface area contributed by atoms with Crippen LogP contribution in [0.5, 0.6) is 0 Å². The van der Waals surface area contributed by atoms with Gasteiger partial charge in [-0.15, -0.1) is 0 Å². The summed E-state index contributed by atoms with van der Waals surface area (Å²) in [6, 6.07) is 5.84. The summed E-state index contributed by atoms with van der Waals surface area (Å²) in [5, 5.41) is 8.82. The maximum absolute atomic E-state index is 8.82. The largest absolute Gasteiger partial charge is 0.346 e. The molecule has 0 atom stereocenters. The average molecular weight is 245 g/mol. The van der Waals surface area contributed by atoms with Gasteiger partial charge in [0.1, 0.15) is 11.8 Å². The Bertz CT molecular complexity index is 477. The minimum atomic E-state index is -0.370. The third-order valence-corrected chi connectivity index (χ3v) is 3.43. The van der Waals surface area contributed by atoms with E-state index in [1.807, 2.05) is 12.1 Å². The topological polar surface area (TPSA) is 58.4 Å². The Morgan fingerprint density at radius 3 is 3.06 bits per heavy atom. The first-order chi connectivity index (χ1) is 8.80. The summed E-state index contributed by atoms with van der Waals surface area (Å²) in [7, 11) is 0. The smallest absolute Gasteiger partial charge is 0.182 e. The lowest BCUT2D eigenvalue weighted by molar-refractivity contribution is -0.145. The first-order valence-electron chi connectivity index (χ1n) is 6.15. The molecule has 0 N–H and O–H groups in total. The highest BCUT2D eigenvalue weighted by Crippen LogP contribution is 2.31. The summed E-state index contributed by atoms with van der Waals surface area (Å²) < 4.78 is 11.4. The molecule has 1 aromatic rings. The molecular weight excluding hydrogens is 230 g/mol. The highest BCUT2D eigenvalue weighted by molar-refractivity contribution is 5.25. The second kappa shape index (κ2) is 4.65. The van der Waals surface area contributed by atoms with Crippen LogP contribution < -0.4 is 0 Å². The number of ether oxygens (including phenoxy) is 2. The molecule has 1 spiro atoms. The molecule has 2 aliphatic rings. The minimum Gasteiger partial charge on any atom is -0.346 e. The number of likely N-dealkylation sites (tertiary alicyclic amines) is 1. The third kappa shape index (κ3) is 2.23. The van der Waals surface area contributed by atoms with Crippen LogP contribution in [0.3, 0.4) is 0 Å². The Hall–Kier alpha value is -1.48. The lowest BCUT2D eigenvalue weighted by Gasteiger charge is -2.22. The summed E-state index contributed by atoms with van der Waals surface area (Å²) in [5.41, 5.74) is 1.58. The van der Waals surface area contributed by atoms with Crippen LogP contribution in [0.15, 0.2) is 18.3 Å². The van der Waals surface area contributed by atoms with Gasteiger partial charge < -0.3 is 9.47 Å². The second-order valence-corrected chi connectivity index (χ2v) is 4.73. The Labute approximate surface area is 106 Å². The number of rotatable bonds is 2. The van der Waals surface area contributed by atoms with Crippen LogP contribution in [-0.2, 0) is 16.0 Å². The van der Waals surface area contributed by atoms with Crippen LogP contribution in [0.25, 0.3) is 0 Å². The maximum Gasteiger partial charge on any atom is 0.182 e. The summed E-state index contributed by atoms with van der Waals surface area (Å²) in [6.07, 6.45) is 2.60. The summed E-state index contributed by atoms with van der Waals surface area (Å²) >= 11 is 0. The van der Waals surface area contributed by atoms with Crippen LogP contribution in [0, 0.1) is 11.3 Å². The molecule has 0 bridgehead atoms. The molecule has 94 valence electrons. The van der Waals surface area contributed by atoms with Crippen LogP contribution in [-0.4, -0.2) is 42.0 Å². The van der Waals surface area contributed by atoms with Crippen LogP contribution in [0.2, 0.25) is 0 Å². The summed E-state index contributed by atoms with van der Waals surface area (Å²) in [6.45, 7) is 3.97. The maximum atomic E-state index is 8.82. The van der Waals surface area contributed by atoms with E-state index in [1.165, 1.54) is 0 Å². The molecule has 0 aromatic carbocycles. The van der Waals surface area contributed by atoms with Gasteiger partial charge in [0.05, 0.1) is 19.8 Å². The molecule has 0 saturated carbocycles. The molecule has 0 aliphatic carbocycles. The lowest BCUT2D eigenvalue weighted by atomic mass is 10.2. The van der Waals surface area contributed by atoms with Gasteiger partial charge in [-0.3, -0.25) is 4.90 Å². The van der Waals surface area contributed by atoms with Gasteiger partial charge in [0.25, 0.3) is 0 Å². The minimum absolute atomic E-state index is 0.370. The fourth-order valence-electron chi connectivity index (χ4n) is 2.59. The monoisotopic (exact) mass is 245 g/mol. The van der Waals surface area contributed by atoms with Crippen molar-refractivity contribution in [3.8, 4) is 6.07 Å². The Morgan fingerprint density at radius 2 is 2.28 bits per heavy atom. The molecule has 5 heteroatoms. The fraction of sp³-hybridized carbons (Fsp3) is 0.538. The molecule has 1 aromatic heterocycles. The summed E-state index contributed by atoms with van der Waals surface area (Å²) in [4.78, 5) is 6.27. The molecule has 2 saturated heterocycles. The van der Waals surface area contributed by atoms with Gasteiger partial charge in [-0.2, -0.15) is 5.26 Å². The standard InChI is InChI=1S/C13H15N3O2/c14-8-12-7-11(1-3-15-12)9-16-4-2-13(10-16)17-5-6-18-13/h1,3,7H,2,4-6,9-10H2. The Balaban J connectivity index is 1.65. The Kier molecular flexibility index (Phi) is 3.00. The van der Waals surface area contributed by atoms with E-state index in [9.17, 15) is 0 Å². The molecule has 0 amide bonds. The number of pyridine rings is 1. The van der Waals surface area contributed by atoms with Crippen LogP contribution >= 0.6 is 0 Å². The third-order valence-electron chi connectivity index (χ3n) is 3.43. The van der Waals surface area contributed by atoms with Crippen molar-refractivity contribution < 1.29 is 9.47 Å². The number of hydrogen-bond donors (Lipinski definition) is 0. The van der Waals surface area contributed by atoms with E-state index in [2.05, 4.69) is 16.0 Å². The first-order valence-corrected chi connectivity index (χ1v) is 6.15. The zero-order chi connectivity index (χ0) is 12.4. The predicted molar refractivity (Wildman–Crippen MR) is 63.5 cm³/mol. The molecule has 3 heterocycles. The molecule has 3 rings (SSSR count). The number of aromatic nitrogens is 1. The van der Waals surface area contributed by atoms with E-state index in [0.717, 1.165) is 31.6 Å². The van der Waals surface area contributed by atoms with Gasteiger partial charge in [0, 0.05) is 25.7 Å². The Morgan fingerprint density at radius 1 is 1.44 bits per heavy atom. The fourth-order valence-corrected chi connectivity index (χ4v) is 2.59. The van der Waals surface area contributed by atoms with Crippen molar-refractivity contribution in [3.63, 3.8) is 0 Å². The van der Waals surface area contributed by atoms with E-state index in [1.54, 1.807) is 6.20 Å². The molecular formula is C13H15N3O2. The van der Waals surface area contributed by atoms with Gasteiger partial charge in [-0.05, 0) is 17.7 Å². The molecule has 0 radical (unpaired) electrons. The predicted octanol–water partition coefficient (Wildman–Crippen LogP) is 0.902. The number of nitrogens with zero attached hydrogens (tertiary/aromatic N) is 3. The van der Waals surface area contributed by atoms with Gasteiger partial charge in [0.2, 0.25) is 0 Å². The highest BCUT2D eigenvalue weighted by Gasteiger charge is 2.42. The van der Waals surface area contributed by atoms with Crippen molar-refractivity contribution in [2.45, 2.75) is 18.8 Å².